The van der Waals surface area contributed by atoms with E-state index in [2.05, 4.69) is 27.4 Å². The number of rotatable bonds is 5. The second-order valence-electron chi connectivity index (χ2n) is 5.52. The fourth-order valence-electron chi connectivity index (χ4n) is 2.71. The van der Waals surface area contributed by atoms with Crippen molar-refractivity contribution < 1.29 is 9.47 Å². The molecule has 3 rings (SSSR count). The van der Waals surface area contributed by atoms with Crippen molar-refractivity contribution in [2.45, 2.75) is 19.4 Å². The van der Waals surface area contributed by atoms with E-state index >= 15 is 0 Å². The molecule has 0 aliphatic carbocycles. The van der Waals surface area contributed by atoms with Crippen LogP contribution in [0.5, 0.6) is 5.75 Å². The van der Waals surface area contributed by atoms with Crippen LogP contribution in [0.25, 0.3) is 0 Å². The molecule has 0 spiro atoms. The van der Waals surface area contributed by atoms with Gasteiger partial charge in [-0.2, -0.15) is 0 Å². The lowest BCUT2D eigenvalue weighted by molar-refractivity contribution is 0.181. The first-order valence-electron chi connectivity index (χ1n) is 7.59. The fourth-order valence-corrected chi connectivity index (χ4v) is 2.71. The third kappa shape index (κ3) is 3.74. The number of para-hydroxylation sites is 1. The highest BCUT2D eigenvalue weighted by Gasteiger charge is 2.17. The quantitative estimate of drug-likeness (QED) is 0.920. The first kappa shape index (κ1) is 14.8. The van der Waals surface area contributed by atoms with Gasteiger partial charge in [0.25, 0.3) is 0 Å². The highest BCUT2D eigenvalue weighted by molar-refractivity contribution is 5.36. The molecule has 1 aromatic carbocycles. The third-order valence-electron chi connectivity index (χ3n) is 3.85. The lowest BCUT2D eigenvalue weighted by Gasteiger charge is -2.15. The van der Waals surface area contributed by atoms with E-state index in [-0.39, 0.29) is 0 Å². The molecule has 0 bridgehead atoms. The zero-order chi connectivity index (χ0) is 15.2. The molecule has 1 unspecified atom stereocenters. The van der Waals surface area contributed by atoms with Crippen molar-refractivity contribution in [2.75, 3.05) is 25.6 Å². The number of hydrogen-bond acceptors (Lipinski definition) is 5. The van der Waals surface area contributed by atoms with Gasteiger partial charge < -0.3 is 14.8 Å². The van der Waals surface area contributed by atoms with E-state index < -0.39 is 0 Å². The van der Waals surface area contributed by atoms with E-state index in [4.69, 9.17) is 9.47 Å². The van der Waals surface area contributed by atoms with Crippen LogP contribution in [0.2, 0.25) is 0 Å². The summed E-state index contributed by atoms with van der Waals surface area (Å²) < 4.78 is 10.9. The van der Waals surface area contributed by atoms with Gasteiger partial charge in [-0.25, -0.2) is 9.97 Å². The van der Waals surface area contributed by atoms with Crippen LogP contribution in [0.15, 0.2) is 36.7 Å². The Morgan fingerprint density at radius 1 is 1.32 bits per heavy atom. The second-order valence-corrected chi connectivity index (χ2v) is 5.52. The molecule has 0 fully saturated rings. The highest BCUT2D eigenvalue weighted by atomic mass is 16.5. The average molecular weight is 299 g/mol. The molecule has 0 saturated heterocycles. The Hall–Kier alpha value is -2.14. The Bertz CT molecular complexity index is 618. The zero-order valence-electron chi connectivity index (χ0n) is 12.8. The number of nitrogens with one attached hydrogen (secondary N) is 1. The highest BCUT2D eigenvalue weighted by Crippen LogP contribution is 2.26. The van der Waals surface area contributed by atoms with Crippen molar-refractivity contribution in [3.63, 3.8) is 0 Å². The van der Waals surface area contributed by atoms with Crippen molar-refractivity contribution in [1.82, 2.24) is 9.97 Å². The summed E-state index contributed by atoms with van der Waals surface area (Å²) in [6.07, 6.45) is 3.64. The van der Waals surface area contributed by atoms with Gasteiger partial charge in [0.05, 0.1) is 18.9 Å². The number of benzene rings is 1. The van der Waals surface area contributed by atoms with Gasteiger partial charge in [0.1, 0.15) is 17.9 Å². The first-order chi connectivity index (χ1) is 10.8. The summed E-state index contributed by atoms with van der Waals surface area (Å²) in [6.45, 7) is 2.14. The van der Waals surface area contributed by atoms with Crippen LogP contribution in [-0.2, 0) is 17.8 Å². The van der Waals surface area contributed by atoms with E-state index in [0.29, 0.717) is 12.5 Å². The van der Waals surface area contributed by atoms with E-state index in [9.17, 15) is 0 Å². The zero-order valence-corrected chi connectivity index (χ0v) is 12.8. The molecule has 0 amide bonds. The average Bonchev–Trinajstić information content (AvgIpc) is 2.75. The Labute approximate surface area is 130 Å². The number of methoxy groups -OCH3 is 1. The number of ether oxygens (including phenoxy) is 2. The van der Waals surface area contributed by atoms with Crippen LogP contribution in [0.4, 0.5) is 5.82 Å². The molecular formula is C17H21N3O2. The normalized spacial score (nSPS) is 17.2. The standard InChI is InChI=1S/C17H21N3O2/c1-21-11-15-9-17(20-12-19-15)18-10-13-6-7-22-16-5-3-2-4-14(16)8-13/h2-5,9,12-13H,6-8,10-11H2,1H3,(H,18,19,20). The summed E-state index contributed by atoms with van der Waals surface area (Å²) in [7, 11) is 1.66. The van der Waals surface area contributed by atoms with Crippen molar-refractivity contribution in [2.24, 2.45) is 5.92 Å². The topological polar surface area (TPSA) is 56.3 Å². The molecule has 2 heterocycles. The van der Waals surface area contributed by atoms with Crippen molar-refractivity contribution in [3.05, 3.63) is 47.9 Å². The van der Waals surface area contributed by atoms with Crippen molar-refractivity contribution >= 4 is 5.82 Å². The molecule has 1 aromatic heterocycles. The lowest BCUT2D eigenvalue weighted by atomic mass is 9.97. The summed E-state index contributed by atoms with van der Waals surface area (Å²) in [6, 6.07) is 10.2. The summed E-state index contributed by atoms with van der Waals surface area (Å²) in [5, 5.41) is 3.41. The van der Waals surface area contributed by atoms with Gasteiger partial charge in [0.2, 0.25) is 0 Å². The summed E-state index contributed by atoms with van der Waals surface area (Å²) in [5.74, 6) is 2.40. The molecular weight excluding hydrogens is 278 g/mol. The molecule has 1 atom stereocenters. The summed E-state index contributed by atoms with van der Waals surface area (Å²) >= 11 is 0. The predicted molar refractivity (Wildman–Crippen MR) is 85.0 cm³/mol. The molecule has 1 aliphatic rings. The van der Waals surface area contributed by atoms with Crippen molar-refractivity contribution in [1.29, 1.82) is 0 Å². The number of aromatic nitrogens is 2. The maximum Gasteiger partial charge on any atom is 0.129 e. The molecule has 5 heteroatoms. The van der Waals surface area contributed by atoms with Gasteiger partial charge in [0, 0.05) is 19.7 Å². The molecule has 0 radical (unpaired) electrons. The Morgan fingerprint density at radius 3 is 3.14 bits per heavy atom. The summed E-state index contributed by atoms with van der Waals surface area (Å²) in [5.41, 5.74) is 2.17. The molecule has 5 nitrogen and oxygen atoms in total. The van der Waals surface area contributed by atoms with Crippen LogP contribution < -0.4 is 10.1 Å². The van der Waals surface area contributed by atoms with Crippen LogP contribution in [0.3, 0.4) is 0 Å². The SMILES string of the molecule is COCc1cc(NCC2CCOc3ccccc3C2)ncn1. The number of anilines is 1. The maximum absolute atomic E-state index is 5.81. The number of nitrogens with zero attached hydrogens (tertiary/aromatic N) is 2. The molecule has 1 N–H and O–H groups in total. The monoisotopic (exact) mass is 299 g/mol. The minimum atomic E-state index is 0.502. The van der Waals surface area contributed by atoms with Gasteiger partial charge in [-0.15, -0.1) is 0 Å². The lowest BCUT2D eigenvalue weighted by Crippen LogP contribution is -2.18. The van der Waals surface area contributed by atoms with Crippen LogP contribution in [-0.4, -0.2) is 30.2 Å². The van der Waals surface area contributed by atoms with Gasteiger partial charge in [-0.05, 0) is 30.4 Å². The number of fused-ring (bicyclic) bond motifs is 1. The fraction of sp³-hybridized carbons (Fsp3) is 0.412. The minimum absolute atomic E-state index is 0.502. The van der Waals surface area contributed by atoms with Crippen LogP contribution in [0.1, 0.15) is 17.7 Å². The van der Waals surface area contributed by atoms with Gasteiger partial charge in [0.15, 0.2) is 0 Å². The van der Waals surface area contributed by atoms with E-state index in [1.807, 2.05) is 18.2 Å². The molecule has 1 aliphatic heterocycles. The first-order valence-corrected chi connectivity index (χ1v) is 7.59. The van der Waals surface area contributed by atoms with Crippen LogP contribution >= 0.6 is 0 Å². The van der Waals surface area contributed by atoms with Gasteiger partial charge >= 0.3 is 0 Å². The third-order valence-corrected chi connectivity index (χ3v) is 3.85. The van der Waals surface area contributed by atoms with Gasteiger partial charge in [-0.1, -0.05) is 18.2 Å². The van der Waals surface area contributed by atoms with Gasteiger partial charge in [-0.3, -0.25) is 0 Å². The molecule has 0 saturated carbocycles. The second kappa shape index (κ2) is 7.22. The summed E-state index contributed by atoms with van der Waals surface area (Å²) in [4.78, 5) is 8.44. The number of hydrogen-bond donors (Lipinski definition) is 1. The molecule has 2 aromatic rings. The predicted octanol–water partition coefficient (Wildman–Crippen LogP) is 2.68. The minimum Gasteiger partial charge on any atom is -0.493 e. The van der Waals surface area contributed by atoms with Crippen LogP contribution in [0, 0.1) is 5.92 Å². The maximum atomic E-state index is 5.81. The molecule has 22 heavy (non-hydrogen) atoms. The van der Waals surface area contributed by atoms with Crippen molar-refractivity contribution in [3.8, 4) is 5.75 Å². The Kier molecular flexibility index (Phi) is 4.85. The Morgan fingerprint density at radius 2 is 2.23 bits per heavy atom. The van der Waals surface area contributed by atoms with E-state index in [0.717, 1.165) is 43.3 Å². The molecule has 116 valence electrons. The Balaban J connectivity index is 1.61. The smallest absolute Gasteiger partial charge is 0.129 e. The van der Waals surface area contributed by atoms with E-state index in [1.165, 1.54) is 5.56 Å². The van der Waals surface area contributed by atoms with E-state index in [1.54, 1.807) is 13.4 Å². The largest absolute Gasteiger partial charge is 0.493 e.